The van der Waals surface area contributed by atoms with Crippen LogP contribution in [0.4, 0.5) is 10.1 Å². The van der Waals surface area contributed by atoms with Crippen LogP contribution in [-0.4, -0.2) is 32.7 Å². The van der Waals surface area contributed by atoms with E-state index in [1.807, 2.05) is 0 Å². The number of amides is 1. The number of carbonyl (C=O) groups is 1. The highest BCUT2D eigenvalue weighted by molar-refractivity contribution is 6.33. The molecule has 18 heavy (non-hydrogen) atoms. The van der Waals surface area contributed by atoms with Crippen molar-refractivity contribution in [1.29, 1.82) is 0 Å². The summed E-state index contributed by atoms with van der Waals surface area (Å²) in [5, 5.41) is 5.86. The van der Waals surface area contributed by atoms with E-state index in [1.54, 1.807) is 7.11 Å². The predicted octanol–water partition coefficient (Wildman–Crippen LogP) is 2.04. The molecule has 1 aromatic rings. The summed E-state index contributed by atoms with van der Waals surface area (Å²) in [6.45, 7) is 1.20. The fraction of sp³-hybridized carbons (Fsp3) is 0.417. The van der Waals surface area contributed by atoms with Crippen molar-refractivity contribution >= 4 is 23.2 Å². The standard InChI is InChI=1S/C12H16ClFN2O2/c1-18-6-2-5-15-12(17)8-16-11-7-9(14)3-4-10(11)13/h3-4,7,16H,2,5-6,8H2,1H3,(H,15,17). The zero-order valence-electron chi connectivity index (χ0n) is 10.1. The molecule has 1 aromatic carbocycles. The molecule has 0 radical (unpaired) electrons. The van der Waals surface area contributed by atoms with Gasteiger partial charge in [-0.2, -0.15) is 0 Å². The van der Waals surface area contributed by atoms with Crippen LogP contribution in [0, 0.1) is 5.82 Å². The SMILES string of the molecule is COCCCNC(=O)CNc1cc(F)ccc1Cl. The van der Waals surface area contributed by atoms with E-state index >= 15 is 0 Å². The maximum absolute atomic E-state index is 12.9. The Morgan fingerprint density at radius 2 is 2.28 bits per heavy atom. The molecule has 0 aliphatic carbocycles. The van der Waals surface area contributed by atoms with Gasteiger partial charge in [-0.1, -0.05) is 11.6 Å². The largest absolute Gasteiger partial charge is 0.385 e. The Bertz CT molecular complexity index is 402. The molecule has 0 unspecified atom stereocenters. The summed E-state index contributed by atoms with van der Waals surface area (Å²) >= 11 is 5.85. The molecule has 100 valence electrons. The first-order valence-corrected chi connectivity index (χ1v) is 5.96. The third-order valence-electron chi connectivity index (χ3n) is 2.22. The number of nitrogens with one attached hydrogen (secondary N) is 2. The van der Waals surface area contributed by atoms with Crippen molar-refractivity contribution in [1.82, 2.24) is 5.32 Å². The van der Waals surface area contributed by atoms with Crippen LogP contribution in [0.1, 0.15) is 6.42 Å². The highest BCUT2D eigenvalue weighted by atomic mass is 35.5. The maximum atomic E-state index is 12.9. The van der Waals surface area contributed by atoms with Gasteiger partial charge in [-0.15, -0.1) is 0 Å². The first-order chi connectivity index (χ1) is 8.63. The summed E-state index contributed by atoms with van der Waals surface area (Å²) in [5.74, 6) is -0.575. The van der Waals surface area contributed by atoms with Gasteiger partial charge in [0, 0.05) is 20.3 Å². The van der Waals surface area contributed by atoms with Gasteiger partial charge in [-0.3, -0.25) is 4.79 Å². The van der Waals surface area contributed by atoms with Gasteiger partial charge in [0.2, 0.25) is 5.91 Å². The van der Waals surface area contributed by atoms with Crippen LogP contribution >= 0.6 is 11.6 Å². The number of benzene rings is 1. The van der Waals surface area contributed by atoms with Crippen LogP contribution in [0.3, 0.4) is 0 Å². The third kappa shape index (κ3) is 5.33. The molecule has 0 saturated heterocycles. The van der Waals surface area contributed by atoms with Crippen molar-refractivity contribution in [2.45, 2.75) is 6.42 Å². The fourth-order valence-corrected chi connectivity index (χ4v) is 1.50. The number of rotatable bonds is 7. The lowest BCUT2D eigenvalue weighted by molar-refractivity contribution is -0.119. The van der Waals surface area contributed by atoms with E-state index in [1.165, 1.54) is 18.2 Å². The van der Waals surface area contributed by atoms with Gasteiger partial charge in [0.25, 0.3) is 0 Å². The van der Waals surface area contributed by atoms with Crippen LogP contribution < -0.4 is 10.6 Å². The van der Waals surface area contributed by atoms with Crippen molar-refractivity contribution in [2.24, 2.45) is 0 Å². The highest BCUT2D eigenvalue weighted by Crippen LogP contribution is 2.21. The summed E-state index contributed by atoms with van der Waals surface area (Å²) in [6, 6.07) is 3.95. The van der Waals surface area contributed by atoms with Gasteiger partial charge in [-0.05, 0) is 24.6 Å². The molecule has 2 N–H and O–H groups in total. The number of hydrogen-bond donors (Lipinski definition) is 2. The van der Waals surface area contributed by atoms with Crippen molar-refractivity contribution in [3.8, 4) is 0 Å². The first-order valence-electron chi connectivity index (χ1n) is 5.58. The molecule has 6 heteroatoms. The molecule has 0 bridgehead atoms. The molecule has 1 amide bonds. The lowest BCUT2D eigenvalue weighted by Crippen LogP contribution is -2.31. The van der Waals surface area contributed by atoms with Gasteiger partial charge in [0.05, 0.1) is 17.3 Å². The molecule has 0 saturated carbocycles. The Hall–Kier alpha value is -1.33. The molecule has 0 atom stereocenters. The second-order valence-electron chi connectivity index (χ2n) is 3.67. The summed E-state index contributed by atoms with van der Waals surface area (Å²) in [5.41, 5.74) is 0.406. The number of anilines is 1. The number of carbonyl (C=O) groups excluding carboxylic acids is 1. The van der Waals surface area contributed by atoms with Crippen molar-refractivity contribution in [3.63, 3.8) is 0 Å². The number of methoxy groups -OCH3 is 1. The quantitative estimate of drug-likeness (QED) is 0.748. The van der Waals surface area contributed by atoms with E-state index in [2.05, 4.69) is 10.6 Å². The average Bonchev–Trinajstić information content (AvgIpc) is 2.36. The normalized spacial score (nSPS) is 10.2. The Labute approximate surface area is 110 Å². The van der Waals surface area contributed by atoms with Crippen LogP contribution in [0.25, 0.3) is 0 Å². The van der Waals surface area contributed by atoms with E-state index in [0.29, 0.717) is 23.9 Å². The van der Waals surface area contributed by atoms with E-state index in [4.69, 9.17) is 16.3 Å². The highest BCUT2D eigenvalue weighted by Gasteiger charge is 2.04. The lowest BCUT2D eigenvalue weighted by Gasteiger charge is -2.09. The van der Waals surface area contributed by atoms with E-state index in [9.17, 15) is 9.18 Å². The molecule has 0 spiro atoms. The topological polar surface area (TPSA) is 50.4 Å². The zero-order chi connectivity index (χ0) is 13.4. The second-order valence-corrected chi connectivity index (χ2v) is 4.08. The van der Waals surface area contributed by atoms with Crippen molar-refractivity contribution < 1.29 is 13.9 Å². The Morgan fingerprint density at radius 3 is 3.00 bits per heavy atom. The van der Waals surface area contributed by atoms with Gasteiger partial charge in [0.1, 0.15) is 5.82 Å². The van der Waals surface area contributed by atoms with Crippen LogP contribution in [-0.2, 0) is 9.53 Å². The number of ether oxygens (including phenoxy) is 1. The Kier molecular flexibility index (Phi) is 6.46. The van der Waals surface area contributed by atoms with E-state index in [0.717, 1.165) is 6.42 Å². The summed E-state index contributed by atoms with van der Waals surface area (Å²) in [6.07, 6.45) is 0.753. The van der Waals surface area contributed by atoms with Gasteiger partial charge in [0.15, 0.2) is 0 Å². The minimum atomic E-state index is -0.401. The molecular weight excluding hydrogens is 259 g/mol. The predicted molar refractivity (Wildman–Crippen MR) is 69.4 cm³/mol. The fourth-order valence-electron chi connectivity index (χ4n) is 1.32. The molecule has 0 aliphatic rings. The Balaban J connectivity index is 2.31. The third-order valence-corrected chi connectivity index (χ3v) is 2.54. The van der Waals surface area contributed by atoms with Crippen molar-refractivity contribution in [3.05, 3.63) is 29.0 Å². The molecule has 0 fully saturated rings. The molecule has 0 aliphatic heterocycles. The van der Waals surface area contributed by atoms with Gasteiger partial charge >= 0.3 is 0 Å². The minimum absolute atomic E-state index is 0.0517. The van der Waals surface area contributed by atoms with E-state index < -0.39 is 5.82 Å². The second kappa shape index (κ2) is 7.89. The average molecular weight is 275 g/mol. The smallest absolute Gasteiger partial charge is 0.239 e. The Morgan fingerprint density at radius 1 is 1.50 bits per heavy atom. The zero-order valence-corrected chi connectivity index (χ0v) is 10.9. The minimum Gasteiger partial charge on any atom is -0.385 e. The first kappa shape index (κ1) is 14.7. The van der Waals surface area contributed by atoms with Crippen molar-refractivity contribution in [2.75, 3.05) is 32.1 Å². The maximum Gasteiger partial charge on any atom is 0.239 e. The summed E-state index contributed by atoms with van der Waals surface area (Å²) < 4.78 is 17.8. The van der Waals surface area contributed by atoms with Crippen LogP contribution in [0.15, 0.2) is 18.2 Å². The number of hydrogen-bond acceptors (Lipinski definition) is 3. The molecule has 4 nitrogen and oxygen atoms in total. The monoisotopic (exact) mass is 274 g/mol. The number of halogens is 2. The van der Waals surface area contributed by atoms with Gasteiger partial charge in [-0.25, -0.2) is 4.39 Å². The summed E-state index contributed by atoms with van der Waals surface area (Å²) in [4.78, 5) is 11.4. The molecular formula is C12H16ClFN2O2. The van der Waals surface area contributed by atoms with Crippen LogP contribution in [0.2, 0.25) is 5.02 Å². The molecule has 0 heterocycles. The van der Waals surface area contributed by atoms with Gasteiger partial charge < -0.3 is 15.4 Å². The molecule has 0 aromatic heterocycles. The van der Waals surface area contributed by atoms with Crippen LogP contribution in [0.5, 0.6) is 0 Å². The summed E-state index contributed by atoms with van der Waals surface area (Å²) in [7, 11) is 1.61. The van der Waals surface area contributed by atoms with E-state index in [-0.39, 0.29) is 12.5 Å². The molecule has 1 rings (SSSR count). The lowest BCUT2D eigenvalue weighted by atomic mass is 10.3.